The lowest BCUT2D eigenvalue weighted by Gasteiger charge is -2.29. The summed E-state index contributed by atoms with van der Waals surface area (Å²) in [5.74, 6) is -5.06. The fourth-order valence-corrected chi connectivity index (χ4v) is 5.59. The van der Waals surface area contributed by atoms with E-state index in [2.05, 4.69) is 26.6 Å². The number of benzene rings is 1. The molecule has 1 heterocycles. The number of aliphatic hydroxyl groups excluding tert-OH is 2. The summed E-state index contributed by atoms with van der Waals surface area (Å²) in [5.41, 5.74) is 0.688. The molecule has 2 rings (SSSR count). The molecule has 280 valence electrons. The van der Waals surface area contributed by atoms with Gasteiger partial charge in [0, 0.05) is 6.42 Å². The highest BCUT2D eigenvalue weighted by Gasteiger charge is 2.36. The number of unbranched alkanes of at least 4 members (excludes halogenated alkanes) is 2. The minimum absolute atomic E-state index is 0.00748. The van der Waals surface area contributed by atoms with Gasteiger partial charge in [-0.05, 0) is 43.6 Å². The highest BCUT2D eigenvalue weighted by atomic mass is 16.5. The van der Waals surface area contributed by atoms with Crippen LogP contribution in [-0.4, -0.2) is 94.7 Å². The molecule has 1 unspecified atom stereocenters. The van der Waals surface area contributed by atoms with Crippen LogP contribution in [0, 0.1) is 11.8 Å². The zero-order valence-corrected chi connectivity index (χ0v) is 30.2. The Morgan fingerprint density at radius 3 is 1.94 bits per heavy atom. The first-order chi connectivity index (χ1) is 23.7. The molecule has 0 bridgehead atoms. The summed E-state index contributed by atoms with van der Waals surface area (Å²) in [6.07, 6.45) is 0.896. The molecule has 0 aromatic heterocycles. The van der Waals surface area contributed by atoms with Crippen LogP contribution in [0.4, 0.5) is 0 Å². The summed E-state index contributed by atoms with van der Waals surface area (Å²) >= 11 is 0. The molecule has 0 aliphatic carbocycles. The number of carbonyl (C=O) groups excluding carboxylic acids is 6. The maximum Gasteiger partial charge on any atom is 0.329 e. The summed E-state index contributed by atoms with van der Waals surface area (Å²) in [6.45, 7) is 9.75. The number of hydrogen-bond acceptors (Lipinski definition) is 9. The third-order valence-electron chi connectivity index (χ3n) is 8.74. The van der Waals surface area contributed by atoms with Gasteiger partial charge in [-0.2, -0.15) is 0 Å². The highest BCUT2D eigenvalue weighted by Crippen LogP contribution is 2.17. The number of ether oxygens (including phenoxy) is 1. The van der Waals surface area contributed by atoms with E-state index in [1.807, 2.05) is 27.7 Å². The van der Waals surface area contributed by atoms with E-state index in [9.17, 15) is 39.0 Å². The number of esters is 1. The molecule has 50 heavy (non-hydrogen) atoms. The van der Waals surface area contributed by atoms with Gasteiger partial charge in [-0.15, -0.1) is 0 Å². The van der Waals surface area contributed by atoms with Gasteiger partial charge in [0.25, 0.3) is 0 Å². The van der Waals surface area contributed by atoms with Crippen LogP contribution in [0.5, 0.6) is 0 Å². The Bertz CT molecular complexity index is 1280. The van der Waals surface area contributed by atoms with E-state index in [0.717, 1.165) is 12.8 Å². The third kappa shape index (κ3) is 13.7. The lowest BCUT2D eigenvalue weighted by Crippen LogP contribution is -2.62. The van der Waals surface area contributed by atoms with Crippen LogP contribution < -0.4 is 26.6 Å². The van der Waals surface area contributed by atoms with Crippen LogP contribution in [0.2, 0.25) is 0 Å². The van der Waals surface area contributed by atoms with Crippen molar-refractivity contribution in [2.24, 2.45) is 11.8 Å². The first-order valence-corrected chi connectivity index (χ1v) is 17.7. The van der Waals surface area contributed by atoms with Gasteiger partial charge in [-0.3, -0.25) is 24.0 Å². The molecular weight excluding hydrogens is 646 g/mol. The van der Waals surface area contributed by atoms with Crippen molar-refractivity contribution in [1.29, 1.82) is 0 Å². The van der Waals surface area contributed by atoms with Gasteiger partial charge in [-0.1, -0.05) is 84.2 Å². The Morgan fingerprint density at radius 2 is 1.36 bits per heavy atom. The SMILES string of the molecule is CCCCCC1CC(=O)N[C@H](CC(C)C)C(=O)N[C@@H](CO)C(=O)N[C@@H]([C@@H](C)O)C(=O)N[C@@H](Cc2ccccc2)C(=O)N[C@@H]([C@@H](C)CC)C(=O)O1. The van der Waals surface area contributed by atoms with Gasteiger partial charge < -0.3 is 41.5 Å². The second-order valence-corrected chi connectivity index (χ2v) is 13.6. The lowest BCUT2D eigenvalue weighted by atomic mass is 9.97. The monoisotopic (exact) mass is 703 g/mol. The van der Waals surface area contributed by atoms with E-state index >= 15 is 0 Å². The predicted molar refractivity (Wildman–Crippen MR) is 186 cm³/mol. The van der Waals surface area contributed by atoms with Crippen LogP contribution in [0.3, 0.4) is 0 Å². The Labute approximate surface area is 295 Å². The average molecular weight is 704 g/mol. The molecule has 14 nitrogen and oxygen atoms in total. The summed E-state index contributed by atoms with van der Waals surface area (Å²) in [7, 11) is 0. The van der Waals surface area contributed by atoms with Crippen LogP contribution in [0.15, 0.2) is 30.3 Å². The molecule has 8 atom stereocenters. The van der Waals surface area contributed by atoms with Gasteiger partial charge in [0.15, 0.2) is 0 Å². The third-order valence-corrected chi connectivity index (χ3v) is 8.74. The number of rotatable bonds is 12. The average Bonchev–Trinajstić information content (AvgIpc) is 3.06. The normalized spacial score (nSPS) is 26.2. The molecule has 1 aromatic rings. The summed E-state index contributed by atoms with van der Waals surface area (Å²) in [4.78, 5) is 81.3. The molecule has 1 aromatic carbocycles. The maximum atomic E-state index is 13.9. The second kappa shape index (κ2) is 21.2. The highest BCUT2D eigenvalue weighted by molar-refractivity contribution is 5.96. The van der Waals surface area contributed by atoms with Crippen molar-refractivity contribution in [3.05, 3.63) is 35.9 Å². The lowest BCUT2D eigenvalue weighted by molar-refractivity contribution is -0.156. The van der Waals surface area contributed by atoms with Gasteiger partial charge in [0.2, 0.25) is 29.5 Å². The molecule has 1 aliphatic heterocycles. The molecule has 1 saturated heterocycles. The summed E-state index contributed by atoms with van der Waals surface area (Å²) in [6, 6.07) is 2.24. The first kappa shape index (κ1) is 42.1. The summed E-state index contributed by atoms with van der Waals surface area (Å²) < 4.78 is 5.91. The van der Waals surface area contributed by atoms with Crippen molar-refractivity contribution < 1.29 is 43.7 Å². The summed E-state index contributed by atoms with van der Waals surface area (Å²) in [5, 5.41) is 33.4. The van der Waals surface area contributed by atoms with E-state index < -0.39 is 90.4 Å². The van der Waals surface area contributed by atoms with E-state index in [4.69, 9.17) is 4.74 Å². The van der Waals surface area contributed by atoms with Crippen LogP contribution >= 0.6 is 0 Å². The number of hydrogen-bond donors (Lipinski definition) is 7. The standard InChI is InChI=1S/C36H57N5O9/c1-7-9-11-16-25-19-29(44)37-26(17-21(3)4)32(45)39-28(20-42)34(47)41-31(23(6)43)35(48)38-27(18-24-14-12-10-13-15-24)33(46)40-30(22(5)8-2)36(49)50-25/h10,12-15,21-23,25-28,30-31,42-43H,7-9,11,16-20H2,1-6H3,(H,37,44)(H,38,48)(H,39,45)(H,40,46)(H,41,47)/t22-,23+,25?,26+,27-,28-,30-,31-/m0/s1. The topological polar surface area (TPSA) is 212 Å². The molecule has 0 radical (unpaired) electrons. The number of aliphatic hydroxyl groups is 2. The Balaban J connectivity index is 2.61. The number of nitrogens with one attached hydrogen (secondary N) is 5. The van der Waals surface area contributed by atoms with E-state index in [-0.39, 0.29) is 25.2 Å². The number of amides is 5. The fraction of sp³-hybridized carbons (Fsp3) is 0.667. The Kier molecular flexibility index (Phi) is 17.9. The van der Waals surface area contributed by atoms with Gasteiger partial charge in [0.05, 0.1) is 19.1 Å². The van der Waals surface area contributed by atoms with Gasteiger partial charge in [-0.25, -0.2) is 4.79 Å². The number of carbonyl (C=O) groups is 6. The Hall–Kier alpha value is -4.04. The largest absolute Gasteiger partial charge is 0.460 e. The van der Waals surface area contributed by atoms with E-state index in [1.165, 1.54) is 6.92 Å². The second-order valence-electron chi connectivity index (χ2n) is 13.6. The van der Waals surface area contributed by atoms with E-state index in [0.29, 0.717) is 24.8 Å². The Morgan fingerprint density at radius 1 is 0.760 bits per heavy atom. The zero-order chi connectivity index (χ0) is 37.4. The van der Waals surface area contributed by atoms with Crippen molar-refractivity contribution in [1.82, 2.24) is 26.6 Å². The molecule has 0 saturated carbocycles. The van der Waals surface area contributed by atoms with Gasteiger partial charge >= 0.3 is 5.97 Å². The first-order valence-electron chi connectivity index (χ1n) is 17.7. The minimum atomic E-state index is -1.59. The molecular formula is C36H57N5O9. The maximum absolute atomic E-state index is 13.9. The van der Waals surface area contributed by atoms with Crippen molar-refractivity contribution in [2.75, 3.05) is 6.61 Å². The fourth-order valence-electron chi connectivity index (χ4n) is 5.59. The molecule has 7 N–H and O–H groups in total. The van der Waals surface area contributed by atoms with Crippen molar-refractivity contribution in [2.45, 2.75) is 135 Å². The van der Waals surface area contributed by atoms with Gasteiger partial charge in [0.1, 0.15) is 36.3 Å². The molecule has 5 amide bonds. The van der Waals surface area contributed by atoms with Crippen LogP contribution in [-0.2, 0) is 39.9 Å². The minimum Gasteiger partial charge on any atom is -0.460 e. The predicted octanol–water partition coefficient (Wildman–Crippen LogP) is 1.01. The van der Waals surface area contributed by atoms with Crippen LogP contribution in [0.1, 0.15) is 92.1 Å². The molecule has 1 aliphatic rings. The van der Waals surface area contributed by atoms with Crippen molar-refractivity contribution in [3.8, 4) is 0 Å². The van der Waals surface area contributed by atoms with E-state index in [1.54, 1.807) is 37.3 Å². The van der Waals surface area contributed by atoms with Crippen molar-refractivity contribution in [3.63, 3.8) is 0 Å². The smallest absolute Gasteiger partial charge is 0.329 e. The molecule has 1 fully saturated rings. The molecule has 14 heteroatoms. The van der Waals surface area contributed by atoms with Crippen LogP contribution in [0.25, 0.3) is 0 Å². The molecule has 0 spiro atoms. The van der Waals surface area contributed by atoms with Crippen molar-refractivity contribution >= 4 is 35.5 Å². The number of cyclic esters (lactones) is 1. The zero-order valence-electron chi connectivity index (χ0n) is 30.2. The quantitative estimate of drug-likeness (QED) is 0.122.